The molecule has 2 heterocycles. The van der Waals surface area contributed by atoms with Crippen molar-refractivity contribution in [2.45, 2.75) is 11.3 Å². The van der Waals surface area contributed by atoms with Crippen LogP contribution >= 0.6 is 23.1 Å². The van der Waals surface area contributed by atoms with Crippen LogP contribution in [0.5, 0.6) is 0 Å². The van der Waals surface area contributed by atoms with Gasteiger partial charge in [0.2, 0.25) is 0 Å². The predicted molar refractivity (Wildman–Crippen MR) is 72.7 cm³/mol. The highest BCUT2D eigenvalue weighted by Gasteiger charge is 2.13. The second kappa shape index (κ2) is 6.43. The maximum absolute atomic E-state index is 11.2. The van der Waals surface area contributed by atoms with Crippen LogP contribution in [0.2, 0.25) is 0 Å². The van der Waals surface area contributed by atoms with Gasteiger partial charge in [0.1, 0.15) is 5.69 Å². The molecule has 0 saturated carbocycles. The van der Waals surface area contributed by atoms with Gasteiger partial charge in [0.25, 0.3) is 0 Å². The molecule has 0 aliphatic carbocycles. The second-order valence-electron chi connectivity index (χ2n) is 3.26. The molecule has 0 bridgehead atoms. The summed E-state index contributed by atoms with van der Waals surface area (Å²) in [6, 6.07) is 0. The lowest BCUT2D eigenvalue weighted by Crippen LogP contribution is -2.06. The molecule has 0 amide bonds. The molecule has 0 unspecified atom stereocenters. The first-order valence-electron chi connectivity index (χ1n) is 5.39. The first-order valence-corrected chi connectivity index (χ1v) is 7.19. The highest BCUT2D eigenvalue weighted by Crippen LogP contribution is 2.30. The summed E-state index contributed by atoms with van der Waals surface area (Å²) >= 11 is 2.58. The quantitative estimate of drug-likeness (QED) is 0.649. The van der Waals surface area contributed by atoms with Crippen molar-refractivity contribution in [3.8, 4) is 10.7 Å². The van der Waals surface area contributed by atoms with Gasteiger partial charge in [0, 0.05) is 12.4 Å². The number of nitrogen functional groups attached to an aromatic ring is 1. The summed E-state index contributed by atoms with van der Waals surface area (Å²) in [6.07, 6.45) is 3.05. The molecule has 2 rings (SSSR count). The van der Waals surface area contributed by atoms with Gasteiger partial charge in [0.15, 0.2) is 15.2 Å². The molecule has 2 aromatic heterocycles. The summed E-state index contributed by atoms with van der Waals surface area (Å²) in [4.78, 5) is 19.3. The minimum Gasteiger partial charge on any atom is -0.465 e. The highest BCUT2D eigenvalue weighted by molar-refractivity contribution is 8.01. The minimum absolute atomic E-state index is 0.207. The molecule has 0 aliphatic rings. The fourth-order valence-electron chi connectivity index (χ4n) is 1.20. The first-order chi connectivity index (χ1) is 9.20. The second-order valence-corrected chi connectivity index (χ2v) is 5.46. The van der Waals surface area contributed by atoms with Gasteiger partial charge in [-0.1, -0.05) is 23.1 Å². The van der Waals surface area contributed by atoms with E-state index in [0.717, 1.165) is 0 Å². The van der Waals surface area contributed by atoms with E-state index in [1.165, 1.54) is 29.3 Å². The molecule has 2 aromatic rings. The molecule has 0 atom stereocenters. The molecule has 0 aromatic carbocycles. The van der Waals surface area contributed by atoms with Crippen molar-refractivity contribution in [2.24, 2.45) is 0 Å². The van der Waals surface area contributed by atoms with Crippen LogP contribution in [0.15, 0.2) is 16.7 Å². The summed E-state index contributed by atoms with van der Waals surface area (Å²) in [6.45, 7) is 2.14. The molecule has 9 heteroatoms. The number of nitrogens with zero attached hydrogens (tertiary/aromatic N) is 4. The Morgan fingerprint density at radius 2 is 2.21 bits per heavy atom. The third-order valence-electron chi connectivity index (χ3n) is 1.95. The number of carbonyl (C=O) groups is 1. The van der Waals surface area contributed by atoms with E-state index in [0.29, 0.717) is 27.5 Å². The zero-order valence-corrected chi connectivity index (χ0v) is 11.7. The Morgan fingerprint density at radius 3 is 2.95 bits per heavy atom. The van der Waals surface area contributed by atoms with Crippen molar-refractivity contribution in [3.05, 3.63) is 12.4 Å². The summed E-state index contributed by atoms with van der Waals surface area (Å²) in [5, 5.41) is 8.53. The Hall–Kier alpha value is -1.74. The third-order valence-corrected chi connectivity index (χ3v) is 3.99. The van der Waals surface area contributed by atoms with Crippen LogP contribution < -0.4 is 5.73 Å². The number of nitrogens with two attached hydrogens (primary N) is 1. The molecule has 2 N–H and O–H groups in total. The average Bonchev–Trinajstić information content (AvgIpc) is 2.86. The predicted octanol–water partition coefficient (Wildman–Crippen LogP) is 1.23. The van der Waals surface area contributed by atoms with Crippen LogP contribution in [-0.4, -0.2) is 38.5 Å². The summed E-state index contributed by atoms with van der Waals surface area (Å²) < 4.78 is 5.49. The van der Waals surface area contributed by atoms with Crippen molar-refractivity contribution in [1.82, 2.24) is 20.2 Å². The first kappa shape index (κ1) is 13.7. The maximum atomic E-state index is 11.2. The van der Waals surface area contributed by atoms with Gasteiger partial charge in [-0.25, -0.2) is 9.97 Å². The smallest absolute Gasteiger partial charge is 0.316 e. The number of carbonyl (C=O) groups excluding carboxylic acids is 1. The standard InChI is InChI=1S/C10H11N5O2S2/c1-2-17-6(16)5-18-10-15-14-9(19-10)7-8(11)13-4-3-12-7/h3-4H,2,5H2,1H3,(H2,11,13). The van der Waals surface area contributed by atoms with E-state index in [-0.39, 0.29) is 11.7 Å². The number of thioether (sulfide) groups is 1. The molecule has 100 valence electrons. The lowest BCUT2D eigenvalue weighted by atomic mass is 10.4. The zero-order valence-electron chi connectivity index (χ0n) is 10.1. The Balaban J connectivity index is 2.04. The van der Waals surface area contributed by atoms with E-state index in [4.69, 9.17) is 10.5 Å². The normalized spacial score (nSPS) is 10.4. The number of esters is 1. The third kappa shape index (κ3) is 3.61. The van der Waals surface area contributed by atoms with Crippen LogP contribution in [0.25, 0.3) is 10.7 Å². The Morgan fingerprint density at radius 1 is 1.42 bits per heavy atom. The van der Waals surface area contributed by atoms with Crippen molar-refractivity contribution in [3.63, 3.8) is 0 Å². The van der Waals surface area contributed by atoms with Crippen molar-refractivity contribution in [2.75, 3.05) is 18.1 Å². The van der Waals surface area contributed by atoms with Crippen molar-refractivity contribution in [1.29, 1.82) is 0 Å². The Kier molecular flexibility index (Phi) is 4.63. The van der Waals surface area contributed by atoms with Crippen LogP contribution in [0.3, 0.4) is 0 Å². The van der Waals surface area contributed by atoms with Gasteiger partial charge in [-0.2, -0.15) is 0 Å². The number of rotatable bonds is 5. The Labute approximate surface area is 117 Å². The van der Waals surface area contributed by atoms with E-state index < -0.39 is 0 Å². The van der Waals surface area contributed by atoms with E-state index >= 15 is 0 Å². The SMILES string of the molecule is CCOC(=O)CSc1nnc(-c2nccnc2N)s1. The molecule has 0 aliphatic heterocycles. The molecule has 19 heavy (non-hydrogen) atoms. The van der Waals surface area contributed by atoms with E-state index in [9.17, 15) is 4.79 Å². The van der Waals surface area contributed by atoms with Crippen LogP contribution in [-0.2, 0) is 9.53 Å². The van der Waals surface area contributed by atoms with Crippen LogP contribution in [0, 0.1) is 0 Å². The fraction of sp³-hybridized carbons (Fsp3) is 0.300. The van der Waals surface area contributed by atoms with Gasteiger partial charge in [-0.15, -0.1) is 10.2 Å². The molecule has 0 fully saturated rings. The lowest BCUT2D eigenvalue weighted by molar-refractivity contribution is -0.139. The van der Waals surface area contributed by atoms with Gasteiger partial charge in [0.05, 0.1) is 12.4 Å². The zero-order chi connectivity index (χ0) is 13.7. The van der Waals surface area contributed by atoms with E-state index in [1.54, 1.807) is 13.1 Å². The lowest BCUT2D eigenvalue weighted by Gasteiger charge is -1.98. The van der Waals surface area contributed by atoms with Gasteiger partial charge in [-0.05, 0) is 6.92 Å². The van der Waals surface area contributed by atoms with Gasteiger partial charge < -0.3 is 10.5 Å². The van der Waals surface area contributed by atoms with Crippen molar-refractivity contribution < 1.29 is 9.53 Å². The Bertz CT molecular complexity index is 575. The molecule has 0 spiro atoms. The number of hydrogen-bond donors (Lipinski definition) is 1. The van der Waals surface area contributed by atoms with Crippen LogP contribution in [0.1, 0.15) is 6.92 Å². The average molecular weight is 297 g/mol. The minimum atomic E-state index is -0.275. The molecular weight excluding hydrogens is 286 g/mol. The maximum Gasteiger partial charge on any atom is 0.316 e. The molecule has 7 nitrogen and oxygen atoms in total. The number of ether oxygens (including phenoxy) is 1. The summed E-state index contributed by atoms with van der Waals surface area (Å²) in [5.41, 5.74) is 6.21. The molecule has 0 radical (unpaired) electrons. The molecule has 0 saturated heterocycles. The van der Waals surface area contributed by atoms with Crippen LogP contribution in [0.4, 0.5) is 5.82 Å². The van der Waals surface area contributed by atoms with E-state index in [2.05, 4.69) is 20.2 Å². The van der Waals surface area contributed by atoms with Gasteiger partial charge in [-0.3, -0.25) is 4.79 Å². The van der Waals surface area contributed by atoms with Crippen molar-refractivity contribution >= 4 is 34.9 Å². The monoisotopic (exact) mass is 297 g/mol. The van der Waals surface area contributed by atoms with E-state index in [1.807, 2.05) is 0 Å². The number of hydrogen-bond acceptors (Lipinski definition) is 9. The highest BCUT2D eigenvalue weighted by atomic mass is 32.2. The largest absolute Gasteiger partial charge is 0.465 e. The summed E-state index contributed by atoms with van der Waals surface area (Å²) in [7, 11) is 0. The number of anilines is 1. The molecular formula is C10H11N5O2S2. The topological polar surface area (TPSA) is 104 Å². The summed E-state index contributed by atoms with van der Waals surface area (Å²) in [5.74, 6) is 0.238. The number of aromatic nitrogens is 4. The fourth-order valence-corrected chi connectivity index (χ4v) is 2.86. The van der Waals surface area contributed by atoms with Gasteiger partial charge >= 0.3 is 5.97 Å².